The second-order valence-electron chi connectivity index (χ2n) is 5.04. The molecule has 0 aliphatic rings. The SMILES string of the molecule is O=C(CS(=O)(=O)c1ccc(Cl)cc1)NCC(=O)Nc1ccc(F)cc1. The van der Waals surface area contributed by atoms with Gasteiger partial charge in [0, 0.05) is 10.7 Å². The van der Waals surface area contributed by atoms with Gasteiger partial charge in [-0.05, 0) is 48.5 Å². The molecule has 2 aromatic carbocycles. The van der Waals surface area contributed by atoms with Crippen LogP contribution < -0.4 is 10.6 Å². The Morgan fingerprint density at radius 3 is 2.16 bits per heavy atom. The lowest BCUT2D eigenvalue weighted by Gasteiger charge is -2.08. The first-order valence-corrected chi connectivity index (χ1v) is 9.10. The Labute approximate surface area is 148 Å². The highest BCUT2D eigenvalue weighted by Gasteiger charge is 2.19. The zero-order valence-corrected chi connectivity index (χ0v) is 14.4. The van der Waals surface area contributed by atoms with E-state index in [9.17, 15) is 22.4 Å². The summed E-state index contributed by atoms with van der Waals surface area (Å²) in [6.45, 7) is -0.410. The van der Waals surface area contributed by atoms with Crippen molar-refractivity contribution in [3.8, 4) is 0 Å². The molecule has 0 aliphatic carbocycles. The molecule has 0 aliphatic heterocycles. The number of amides is 2. The maximum Gasteiger partial charge on any atom is 0.243 e. The van der Waals surface area contributed by atoms with E-state index in [2.05, 4.69) is 10.6 Å². The number of benzene rings is 2. The molecule has 2 aromatic rings. The molecule has 0 saturated heterocycles. The number of carbonyl (C=O) groups excluding carboxylic acids is 2. The van der Waals surface area contributed by atoms with Gasteiger partial charge in [0.1, 0.15) is 11.6 Å². The van der Waals surface area contributed by atoms with Crippen LogP contribution in [0.3, 0.4) is 0 Å². The number of halogens is 2. The molecule has 132 valence electrons. The highest BCUT2D eigenvalue weighted by atomic mass is 35.5. The molecule has 0 unspecified atom stereocenters. The van der Waals surface area contributed by atoms with E-state index >= 15 is 0 Å². The predicted octanol–water partition coefficient (Wildman–Crippen LogP) is 2.01. The Balaban J connectivity index is 1.86. The Kier molecular flexibility index (Phi) is 6.11. The molecule has 0 bridgehead atoms. The maximum atomic E-state index is 12.8. The molecule has 0 saturated carbocycles. The van der Waals surface area contributed by atoms with E-state index in [0.717, 1.165) is 0 Å². The van der Waals surface area contributed by atoms with Crippen LogP contribution in [0.1, 0.15) is 0 Å². The summed E-state index contributed by atoms with van der Waals surface area (Å²) in [6.07, 6.45) is 0. The number of nitrogens with one attached hydrogen (secondary N) is 2. The molecule has 2 N–H and O–H groups in total. The smallest absolute Gasteiger partial charge is 0.243 e. The van der Waals surface area contributed by atoms with Crippen molar-refractivity contribution in [1.29, 1.82) is 0 Å². The van der Waals surface area contributed by atoms with Gasteiger partial charge in [0.15, 0.2) is 9.84 Å². The Morgan fingerprint density at radius 2 is 1.56 bits per heavy atom. The Bertz CT molecular complexity index is 868. The lowest BCUT2D eigenvalue weighted by molar-refractivity contribution is -0.122. The van der Waals surface area contributed by atoms with Crippen molar-refractivity contribution in [2.24, 2.45) is 0 Å². The van der Waals surface area contributed by atoms with Crippen molar-refractivity contribution in [3.05, 3.63) is 59.4 Å². The summed E-state index contributed by atoms with van der Waals surface area (Å²) in [4.78, 5) is 23.4. The zero-order valence-electron chi connectivity index (χ0n) is 12.8. The Hall–Kier alpha value is -2.45. The molecule has 9 heteroatoms. The van der Waals surface area contributed by atoms with Crippen LogP contribution in [-0.4, -0.2) is 32.5 Å². The summed E-state index contributed by atoms with van der Waals surface area (Å²) in [7, 11) is -3.83. The van der Waals surface area contributed by atoms with Crippen molar-refractivity contribution in [2.45, 2.75) is 4.90 Å². The fourth-order valence-electron chi connectivity index (χ4n) is 1.87. The van der Waals surface area contributed by atoms with Gasteiger partial charge in [-0.25, -0.2) is 12.8 Å². The highest BCUT2D eigenvalue weighted by molar-refractivity contribution is 7.92. The summed E-state index contributed by atoms with van der Waals surface area (Å²) >= 11 is 5.69. The number of carbonyl (C=O) groups is 2. The van der Waals surface area contributed by atoms with Gasteiger partial charge < -0.3 is 10.6 Å². The van der Waals surface area contributed by atoms with Crippen molar-refractivity contribution < 1.29 is 22.4 Å². The van der Waals surface area contributed by atoms with Gasteiger partial charge in [0.25, 0.3) is 0 Å². The first-order chi connectivity index (χ1) is 11.8. The van der Waals surface area contributed by atoms with Gasteiger partial charge in [-0.3, -0.25) is 9.59 Å². The number of hydrogen-bond acceptors (Lipinski definition) is 4. The number of anilines is 1. The topological polar surface area (TPSA) is 92.3 Å². The van der Waals surface area contributed by atoms with E-state index in [4.69, 9.17) is 11.6 Å². The third-order valence-corrected chi connectivity index (χ3v) is 4.95. The molecule has 2 amide bonds. The quantitative estimate of drug-likeness (QED) is 0.796. The maximum absolute atomic E-state index is 12.8. The van der Waals surface area contributed by atoms with Gasteiger partial charge in [0.2, 0.25) is 11.8 Å². The minimum atomic E-state index is -3.83. The number of sulfone groups is 1. The van der Waals surface area contributed by atoms with Crippen LogP contribution in [0.2, 0.25) is 5.02 Å². The fourth-order valence-corrected chi connectivity index (χ4v) is 3.16. The number of rotatable bonds is 6. The molecule has 0 spiro atoms. The molecule has 0 heterocycles. The van der Waals surface area contributed by atoms with Crippen molar-refractivity contribution in [1.82, 2.24) is 5.32 Å². The molecule has 0 aromatic heterocycles. The third-order valence-electron chi connectivity index (χ3n) is 3.07. The second kappa shape index (κ2) is 8.09. The van der Waals surface area contributed by atoms with Gasteiger partial charge >= 0.3 is 0 Å². The molecular formula is C16H14ClFN2O4S. The van der Waals surface area contributed by atoms with E-state index in [-0.39, 0.29) is 4.90 Å². The standard InChI is InChI=1S/C16H14ClFN2O4S/c17-11-1-7-14(8-2-11)25(23,24)10-16(22)19-9-15(21)20-13-5-3-12(18)4-6-13/h1-8H,9-10H2,(H,19,22)(H,20,21). The summed E-state index contributed by atoms with van der Waals surface area (Å²) in [6, 6.07) is 10.5. The van der Waals surface area contributed by atoms with Crippen LogP contribution in [0.4, 0.5) is 10.1 Å². The summed E-state index contributed by atoms with van der Waals surface area (Å²) in [5, 5.41) is 5.04. The number of hydrogen-bond donors (Lipinski definition) is 2. The van der Waals surface area contributed by atoms with Crippen LogP contribution >= 0.6 is 11.6 Å². The molecular weight excluding hydrogens is 371 g/mol. The fraction of sp³-hybridized carbons (Fsp3) is 0.125. The predicted molar refractivity (Wildman–Crippen MR) is 91.5 cm³/mol. The lowest BCUT2D eigenvalue weighted by atomic mass is 10.3. The van der Waals surface area contributed by atoms with E-state index in [0.29, 0.717) is 10.7 Å². The van der Waals surface area contributed by atoms with Gasteiger partial charge in [-0.1, -0.05) is 11.6 Å². The zero-order chi connectivity index (χ0) is 18.4. The first kappa shape index (κ1) is 18.9. The van der Waals surface area contributed by atoms with Gasteiger partial charge in [-0.15, -0.1) is 0 Å². The first-order valence-electron chi connectivity index (χ1n) is 7.07. The molecule has 0 atom stereocenters. The van der Waals surface area contributed by atoms with Gasteiger partial charge in [0.05, 0.1) is 11.4 Å². The molecule has 6 nitrogen and oxygen atoms in total. The van der Waals surface area contributed by atoms with Crippen LogP contribution in [0.25, 0.3) is 0 Å². The van der Waals surface area contributed by atoms with Crippen molar-refractivity contribution >= 4 is 38.9 Å². The van der Waals surface area contributed by atoms with E-state index in [1.54, 1.807) is 0 Å². The van der Waals surface area contributed by atoms with Crippen molar-refractivity contribution in [3.63, 3.8) is 0 Å². The largest absolute Gasteiger partial charge is 0.346 e. The van der Waals surface area contributed by atoms with E-state index in [1.165, 1.54) is 48.5 Å². The third kappa shape index (κ3) is 5.84. The highest BCUT2D eigenvalue weighted by Crippen LogP contribution is 2.15. The summed E-state index contributed by atoms with van der Waals surface area (Å²) in [5.41, 5.74) is 0.356. The molecule has 2 rings (SSSR count). The molecule has 0 fully saturated rings. The second-order valence-corrected chi connectivity index (χ2v) is 7.47. The summed E-state index contributed by atoms with van der Waals surface area (Å²) < 4.78 is 36.9. The normalized spacial score (nSPS) is 11.0. The van der Waals surface area contributed by atoms with E-state index in [1.807, 2.05) is 0 Å². The molecule has 25 heavy (non-hydrogen) atoms. The minimum absolute atomic E-state index is 0.0391. The lowest BCUT2D eigenvalue weighted by Crippen LogP contribution is -2.36. The Morgan fingerprint density at radius 1 is 0.960 bits per heavy atom. The van der Waals surface area contributed by atoms with Crippen LogP contribution in [-0.2, 0) is 19.4 Å². The van der Waals surface area contributed by atoms with Crippen LogP contribution in [0.5, 0.6) is 0 Å². The van der Waals surface area contributed by atoms with Gasteiger partial charge in [-0.2, -0.15) is 0 Å². The van der Waals surface area contributed by atoms with Crippen LogP contribution in [0, 0.1) is 5.82 Å². The minimum Gasteiger partial charge on any atom is -0.346 e. The monoisotopic (exact) mass is 384 g/mol. The molecule has 0 radical (unpaired) electrons. The average molecular weight is 385 g/mol. The average Bonchev–Trinajstić information content (AvgIpc) is 2.55. The van der Waals surface area contributed by atoms with Crippen molar-refractivity contribution in [2.75, 3.05) is 17.6 Å². The summed E-state index contributed by atoms with van der Waals surface area (Å²) in [5.74, 6) is -2.62. The van der Waals surface area contributed by atoms with E-state index < -0.39 is 39.8 Å². The van der Waals surface area contributed by atoms with Crippen LogP contribution in [0.15, 0.2) is 53.4 Å².